The highest BCUT2D eigenvalue weighted by molar-refractivity contribution is 7.09. The molecule has 21 heavy (non-hydrogen) atoms. The molecular formula is C15H26N4OS. The van der Waals surface area contributed by atoms with Crippen molar-refractivity contribution in [3.8, 4) is 0 Å². The van der Waals surface area contributed by atoms with E-state index in [1.54, 1.807) is 11.3 Å². The van der Waals surface area contributed by atoms with Crippen molar-refractivity contribution < 1.29 is 5.11 Å². The summed E-state index contributed by atoms with van der Waals surface area (Å²) in [6, 6.07) is 0.424. The van der Waals surface area contributed by atoms with E-state index in [0.29, 0.717) is 6.04 Å². The zero-order valence-corrected chi connectivity index (χ0v) is 13.7. The van der Waals surface area contributed by atoms with Crippen LogP contribution in [-0.4, -0.2) is 41.3 Å². The number of aliphatic hydroxyl groups excluding tert-OH is 1. The third kappa shape index (κ3) is 5.63. The minimum Gasteiger partial charge on any atom is -0.393 e. The molecule has 6 heteroatoms. The largest absolute Gasteiger partial charge is 0.393 e. The first kappa shape index (κ1) is 16.2. The molecule has 2 rings (SSSR count). The van der Waals surface area contributed by atoms with Crippen LogP contribution in [0, 0.1) is 6.92 Å². The quantitative estimate of drug-likeness (QED) is 0.573. The number of hydrogen-bond acceptors (Lipinski definition) is 4. The van der Waals surface area contributed by atoms with Gasteiger partial charge in [-0.2, -0.15) is 0 Å². The smallest absolute Gasteiger partial charge is 0.191 e. The summed E-state index contributed by atoms with van der Waals surface area (Å²) >= 11 is 1.69. The van der Waals surface area contributed by atoms with E-state index in [9.17, 15) is 5.11 Å². The lowest BCUT2D eigenvalue weighted by atomic mass is 9.93. The molecule has 118 valence electrons. The topological polar surface area (TPSA) is 69.5 Å². The van der Waals surface area contributed by atoms with Crippen molar-refractivity contribution in [2.24, 2.45) is 4.99 Å². The van der Waals surface area contributed by atoms with Gasteiger partial charge in [0.05, 0.1) is 16.8 Å². The van der Waals surface area contributed by atoms with Crippen LogP contribution in [0.15, 0.2) is 10.4 Å². The van der Waals surface area contributed by atoms with Gasteiger partial charge >= 0.3 is 0 Å². The Labute approximate surface area is 130 Å². The molecule has 0 spiro atoms. The van der Waals surface area contributed by atoms with Crippen LogP contribution in [0.1, 0.15) is 43.3 Å². The number of rotatable bonds is 5. The highest BCUT2D eigenvalue weighted by Gasteiger charge is 2.19. The molecular weight excluding hydrogens is 284 g/mol. The summed E-state index contributed by atoms with van der Waals surface area (Å²) < 4.78 is 0. The molecule has 0 saturated heterocycles. The van der Waals surface area contributed by atoms with Gasteiger partial charge in [0, 0.05) is 30.9 Å². The molecule has 0 bridgehead atoms. The first-order valence-corrected chi connectivity index (χ1v) is 8.69. The van der Waals surface area contributed by atoms with E-state index < -0.39 is 0 Å². The molecule has 1 aliphatic rings. The predicted molar refractivity (Wildman–Crippen MR) is 87.9 cm³/mol. The Morgan fingerprint density at radius 1 is 1.43 bits per heavy atom. The number of aryl methyl sites for hydroxylation is 1. The number of hydrogen-bond donors (Lipinski definition) is 3. The zero-order chi connectivity index (χ0) is 15.1. The number of aliphatic imine (C=N–C) groups is 1. The maximum Gasteiger partial charge on any atom is 0.191 e. The third-order valence-corrected chi connectivity index (χ3v) is 4.51. The van der Waals surface area contributed by atoms with Crippen LogP contribution in [0.2, 0.25) is 0 Å². The number of nitrogens with zero attached hydrogens (tertiary/aromatic N) is 2. The minimum atomic E-state index is -0.115. The molecule has 0 amide bonds. The van der Waals surface area contributed by atoms with Crippen LogP contribution >= 0.6 is 11.3 Å². The second kappa shape index (κ2) is 8.34. The lowest BCUT2D eigenvalue weighted by molar-refractivity contribution is 0.120. The highest BCUT2D eigenvalue weighted by Crippen LogP contribution is 2.18. The van der Waals surface area contributed by atoms with Crippen LogP contribution in [0.4, 0.5) is 0 Å². The molecule has 1 saturated carbocycles. The van der Waals surface area contributed by atoms with Gasteiger partial charge in [-0.25, -0.2) is 4.98 Å². The number of thiazole rings is 1. The highest BCUT2D eigenvalue weighted by atomic mass is 32.1. The Balaban J connectivity index is 1.81. The van der Waals surface area contributed by atoms with E-state index in [-0.39, 0.29) is 6.10 Å². The van der Waals surface area contributed by atoms with Crippen molar-refractivity contribution in [2.75, 3.05) is 13.1 Å². The summed E-state index contributed by atoms with van der Waals surface area (Å²) in [4.78, 5) is 9.09. The fourth-order valence-electron chi connectivity index (χ4n) is 2.54. The number of guanidine groups is 1. The maximum absolute atomic E-state index is 9.55. The molecule has 0 radical (unpaired) electrons. The van der Waals surface area contributed by atoms with Crippen LogP contribution in [0.5, 0.6) is 0 Å². The average Bonchev–Trinajstić information content (AvgIpc) is 2.87. The van der Waals surface area contributed by atoms with Gasteiger partial charge in [0.2, 0.25) is 0 Å². The van der Waals surface area contributed by atoms with E-state index in [1.807, 2.05) is 6.92 Å². The molecule has 1 heterocycles. The summed E-state index contributed by atoms with van der Waals surface area (Å²) in [6.45, 7) is 5.71. The van der Waals surface area contributed by atoms with Crippen molar-refractivity contribution in [3.05, 3.63) is 16.1 Å². The van der Waals surface area contributed by atoms with Gasteiger partial charge in [-0.15, -0.1) is 11.3 Å². The Morgan fingerprint density at radius 2 is 2.19 bits per heavy atom. The molecule has 0 aromatic carbocycles. The number of aromatic nitrogens is 1. The van der Waals surface area contributed by atoms with E-state index in [0.717, 1.165) is 61.9 Å². The first-order valence-electron chi connectivity index (χ1n) is 7.81. The average molecular weight is 310 g/mol. The Bertz CT molecular complexity index is 452. The van der Waals surface area contributed by atoms with Gasteiger partial charge in [-0.1, -0.05) is 0 Å². The minimum absolute atomic E-state index is 0.115. The van der Waals surface area contributed by atoms with Crippen molar-refractivity contribution in [2.45, 2.75) is 58.1 Å². The summed E-state index contributed by atoms with van der Waals surface area (Å²) in [6.07, 6.45) is 4.55. The zero-order valence-electron chi connectivity index (χ0n) is 12.9. The first-order chi connectivity index (χ1) is 10.2. The maximum atomic E-state index is 9.55. The molecule has 1 fully saturated rings. The van der Waals surface area contributed by atoms with E-state index in [2.05, 4.69) is 32.9 Å². The van der Waals surface area contributed by atoms with Gasteiger partial charge in [0.25, 0.3) is 0 Å². The molecule has 5 nitrogen and oxygen atoms in total. The molecule has 0 unspecified atom stereocenters. The van der Waals surface area contributed by atoms with E-state index in [4.69, 9.17) is 0 Å². The second-order valence-corrected chi connectivity index (χ2v) is 6.58. The van der Waals surface area contributed by atoms with E-state index in [1.165, 1.54) is 0 Å². The van der Waals surface area contributed by atoms with Crippen LogP contribution in [-0.2, 0) is 6.42 Å². The Kier molecular flexibility index (Phi) is 6.45. The van der Waals surface area contributed by atoms with Gasteiger partial charge < -0.3 is 15.7 Å². The second-order valence-electron chi connectivity index (χ2n) is 5.52. The fourth-order valence-corrected chi connectivity index (χ4v) is 3.19. The van der Waals surface area contributed by atoms with Crippen molar-refractivity contribution in [3.63, 3.8) is 0 Å². The molecule has 0 aliphatic heterocycles. The van der Waals surface area contributed by atoms with Gasteiger partial charge in [-0.3, -0.25) is 4.99 Å². The molecule has 1 aromatic rings. The summed E-state index contributed by atoms with van der Waals surface area (Å²) in [7, 11) is 0. The summed E-state index contributed by atoms with van der Waals surface area (Å²) in [5.41, 5.74) is 1.12. The number of nitrogens with one attached hydrogen (secondary N) is 2. The monoisotopic (exact) mass is 310 g/mol. The van der Waals surface area contributed by atoms with Crippen molar-refractivity contribution >= 4 is 17.3 Å². The molecule has 0 atom stereocenters. The van der Waals surface area contributed by atoms with Gasteiger partial charge in [-0.05, 0) is 39.5 Å². The third-order valence-electron chi connectivity index (χ3n) is 3.69. The van der Waals surface area contributed by atoms with Crippen LogP contribution in [0.25, 0.3) is 0 Å². The standard InChI is InChI=1S/C15H26N4OS/c1-3-16-15(19-12-4-6-14(20)7-5-12)17-9-8-13-10-21-11(2)18-13/h10,12,14,20H,3-9H2,1-2H3,(H2,16,17,19). The number of aliphatic hydroxyl groups is 1. The Hall–Kier alpha value is -1.14. The lowest BCUT2D eigenvalue weighted by Gasteiger charge is -2.27. The summed E-state index contributed by atoms with van der Waals surface area (Å²) in [5, 5.41) is 19.5. The van der Waals surface area contributed by atoms with E-state index >= 15 is 0 Å². The normalized spacial score (nSPS) is 23.1. The molecule has 1 aliphatic carbocycles. The molecule has 3 N–H and O–H groups in total. The van der Waals surface area contributed by atoms with Gasteiger partial charge in [0.15, 0.2) is 5.96 Å². The molecule has 1 aromatic heterocycles. The Morgan fingerprint density at radius 3 is 2.81 bits per heavy atom. The summed E-state index contributed by atoms with van der Waals surface area (Å²) in [5.74, 6) is 0.880. The van der Waals surface area contributed by atoms with Crippen LogP contribution < -0.4 is 10.6 Å². The van der Waals surface area contributed by atoms with Crippen LogP contribution in [0.3, 0.4) is 0 Å². The fraction of sp³-hybridized carbons (Fsp3) is 0.733. The SMILES string of the molecule is CCNC(=NCCc1csc(C)n1)NC1CCC(O)CC1. The predicted octanol–water partition coefficient (Wildman–Crippen LogP) is 1.85. The van der Waals surface area contributed by atoms with Gasteiger partial charge in [0.1, 0.15) is 0 Å². The van der Waals surface area contributed by atoms with Crippen molar-refractivity contribution in [1.29, 1.82) is 0 Å². The lowest BCUT2D eigenvalue weighted by Crippen LogP contribution is -2.45. The van der Waals surface area contributed by atoms with Crippen molar-refractivity contribution in [1.82, 2.24) is 15.6 Å².